The fourth-order valence-corrected chi connectivity index (χ4v) is 3.65. The van der Waals surface area contributed by atoms with Crippen LogP contribution in [0.15, 0.2) is 47.1 Å². The van der Waals surface area contributed by atoms with Crippen molar-refractivity contribution in [3.8, 4) is 11.6 Å². The van der Waals surface area contributed by atoms with Crippen LogP contribution in [0.1, 0.15) is 23.7 Å². The number of aromatic nitrogens is 1. The summed E-state index contributed by atoms with van der Waals surface area (Å²) in [6.07, 6.45) is 3.15. The van der Waals surface area contributed by atoms with E-state index in [-0.39, 0.29) is 5.91 Å². The predicted molar refractivity (Wildman–Crippen MR) is 107 cm³/mol. The molecule has 1 amide bonds. The van der Waals surface area contributed by atoms with Gasteiger partial charge in [0.25, 0.3) is 5.91 Å². The number of halogens is 1. The summed E-state index contributed by atoms with van der Waals surface area (Å²) in [5.74, 6) is 0.760. The highest BCUT2D eigenvalue weighted by Crippen LogP contribution is 2.22. The molecule has 146 valence electrons. The van der Waals surface area contributed by atoms with Crippen molar-refractivity contribution in [3.05, 3.63) is 52.6 Å². The number of rotatable bonds is 9. The van der Waals surface area contributed by atoms with Crippen LogP contribution in [0.5, 0.6) is 11.6 Å². The monoisotopic (exact) mass is 455 g/mol. The van der Waals surface area contributed by atoms with Gasteiger partial charge in [-0.15, -0.1) is 0 Å². The largest absolute Gasteiger partial charge is 0.439 e. The van der Waals surface area contributed by atoms with E-state index >= 15 is 0 Å². The summed E-state index contributed by atoms with van der Waals surface area (Å²) in [6.45, 7) is 2.94. The Morgan fingerprint density at radius 3 is 2.67 bits per heavy atom. The lowest BCUT2D eigenvalue weighted by molar-refractivity contribution is 0.0952. The minimum Gasteiger partial charge on any atom is -0.439 e. The van der Waals surface area contributed by atoms with E-state index in [9.17, 15) is 13.2 Å². The molecule has 27 heavy (non-hydrogen) atoms. The summed E-state index contributed by atoms with van der Waals surface area (Å²) < 4.78 is 30.9. The second-order valence-electron chi connectivity index (χ2n) is 5.81. The summed E-state index contributed by atoms with van der Waals surface area (Å²) >= 11 is 3.37. The third kappa shape index (κ3) is 6.93. The van der Waals surface area contributed by atoms with Gasteiger partial charge >= 0.3 is 0 Å². The predicted octanol–water partition coefficient (Wildman–Crippen LogP) is 3.04. The minimum atomic E-state index is -3.21. The van der Waals surface area contributed by atoms with Crippen molar-refractivity contribution in [2.45, 2.75) is 13.3 Å². The van der Waals surface area contributed by atoms with E-state index < -0.39 is 10.0 Å². The summed E-state index contributed by atoms with van der Waals surface area (Å²) in [4.78, 5) is 16.3. The average Bonchev–Trinajstić information content (AvgIpc) is 2.61. The van der Waals surface area contributed by atoms with E-state index in [0.29, 0.717) is 43.2 Å². The molecule has 0 aliphatic carbocycles. The molecule has 1 aromatic heterocycles. The van der Waals surface area contributed by atoms with E-state index in [4.69, 9.17) is 4.74 Å². The molecular weight excluding hydrogens is 434 g/mol. The molecule has 0 saturated heterocycles. The molecule has 0 bridgehead atoms. The Morgan fingerprint density at radius 1 is 1.30 bits per heavy atom. The normalized spacial score (nSPS) is 11.4. The molecule has 0 unspecified atom stereocenters. The molecule has 0 aliphatic heterocycles. The van der Waals surface area contributed by atoms with E-state index in [1.54, 1.807) is 19.1 Å². The van der Waals surface area contributed by atoms with E-state index in [1.165, 1.54) is 16.8 Å². The molecule has 1 aromatic carbocycles. The van der Waals surface area contributed by atoms with Crippen LogP contribution in [0.3, 0.4) is 0 Å². The lowest BCUT2D eigenvalue weighted by atomic mass is 10.2. The molecule has 0 fully saturated rings. The number of hydrogen-bond acceptors (Lipinski definition) is 5. The number of nitrogens with zero attached hydrogens (tertiary/aromatic N) is 2. The lowest BCUT2D eigenvalue weighted by Crippen LogP contribution is -2.33. The summed E-state index contributed by atoms with van der Waals surface area (Å²) in [7, 11) is -3.21. The smallest absolute Gasteiger partial charge is 0.252 e. The molecule has 0 spiro atoms. The SMILES string of the molecule is CCN(CCCNC(=O)c1ccc(Oc2cccc(Br)c2)nc1)S(C)(=O)=O. The van der Waals surface area contributed by atoms with Gasteiger partial charge in [-0.25, -0.2) is 17.7 Å². The summed E-state index contributed by atoms with van der Waals surface area (Å²) in [5, 5.41) is 2.76. The Morgan fingerprint density at radius 2 is 2.07 bits per heavy atom. The third-order valence-electron chi connectivity index (χ3n) is 3.71. The van der Waals surface area contributed by atoms with Gasteiger partial charge in [-0.1, -0.05) is 28.9 Å². The number of ether oxygens (including phenoxy) is 1. The minimum absolute atomic E-state index is 0.265. The van der Waals surface area contributed by atoms with Gasteiger partial charge in [0.05, 0.1) is 11.8 Å². The van der Waals surface area contributed by atoms with Crippen LogP contribution in [-0.2, 0) is 10.0 Å². The zero-order valence-electron chi connectivity index (χ0n) is 15.2. The number of amides is 1. The standard InChI is InChI=1S/C18H22BrN3O4S/c1-3-22(27(2,24)25)11-5-10-20-18(23)14-8-9-17(21-13-14)26-16-7-4-6-15(19)12-16/h4,6-9,12-13H,3,5,10-11H2,1-2H3,(H,20,23). The first-order chi connectivity index (χ1) is 12.8. The number of sulfonamides is 1. The third-order valence-corrected chi connectivity index (χ3v) is 5.58. The quantitative estimate of drug-likeness (QED) is 0.586. The van der Waals surface area contributed by atoms with Crippen molar-refractivity contribution in [2.75, 3.05) is 25.9 Å². The first kappa shape index (κ1) is 21.3. The van der Waals surface area contributed by atoms with Crippen LogP contribution >= 0.6 is 15.9 Å². The van der Waals surface area contributed by atoms with Gasteiger partial charge in [0.1, 0.15) is 5.75 Å². The summed E-state index contributed by atoms with van der Waals surface area (Å²) in [5.41, 5.74) is 0.409. The zero-order valence-corrected chi connectivity index (χ0v) is 17.6. The van der Waals surface area contributed by atoms with E-state index in [0.717, 1.165) is 4.47 Å². The average molecular weight is 456 g/mol. The highest BCUT2D eigenvalue weighted by atomic mass is 79.9. The molecule has 7 nitrogen and oxygen atoms in total. The van der Waals surface area contributed by atoms with Crippen molar-refractivity contribution in [2.24, 2.45) is 0 Å². The number of nitrogens with one attached hydrogen (secondary N) is 1. The van der Waals surface area contributed by atoms with Crippen LogP contribution < -0.4 is 10.1 Å². The molecule has 1 heterocycles. The second-order valence-corrected chi connectivity index (χ2v) is 8.71. The van der Waals surface area contributed by atoms with Gasteiger partial charge in [0.15, 0.2) is 0 Å². The van der Waals surface area contributed by atoms with Crippen LogP contribution in [-0.4, -0.2) is 49.5 Å². The molecule has 0 saturated carbocycles. The van der Waals surface area contributed by atoms with E-state index in [2.05, 4.69) is 26.2 Å². The second kappa shape index (κ2) is 9.82. The van der Waals surface area contributed by atoms with Gasteiger partial charge < -0.3 is 10.1 Å². The molecule has 0 aliphatic rings. The van der Waals surface area contributed by atoms with Crippen LogP contribution in [0, 0.1) is 0 Å². The Kier molecular flexibility index (Phi) is 7.76. The van der Waals surface area contributed by atoms with E-state index in [1.807, 2.05) is 24.3 Å². The van der Waals surface area contributed by atoms with Crippen LogP contribution in [0.25, 0.3) is 0 Å². The van der Waals surface area contributed by atoms with Crippen molar-refractivity contribution < 1.29 is 17.9 Å². The highest BCUT2D eigenvalue weighted by molar-refractivity contribution is 9.10. The fraction of sp³-hybridized carbons (Fsp3) is 0.333. The van der Waals surface area contributed by atoms with Crippen LogP contribution in [0.4, 0.5) is 0 Å². The molecule has 2 aromatic rings. The molecule has 2 rings (SSSR count). The number of hydrogen-bond donors (Lipinski definition) is 1. The van der Waals surface area contributed by atoms with Crippen molar-refractivity contribution in [1.29, 1.82) is 0 Å². The Labute approximate surface area is 167 Å². The molecule has 9 heteroatoms. The topological polar surface area (TPSA) is 88.6 Å². The fourth-order valence-electron chi connectivity index (χ4n) is 2.34. The number of carbonyl (C=O) groups excluding carboxylic acids is 1. The van der Waals surface area contributed by atoms with Crippen molar-refractivity contribution in [3.63, 3.8) is 0 Å². The summed E-state index contributed by atoms with van der Waals surface area (Å²) in [6, 6.07) is 10.6. The number of carbonyl (C=O) groups is 1. The van der Waals surface area contributed by atoms with Crippen molar-refractivity contribution in [1.82, 2.24) is 14.6 Å². The first-order valence-electron chi connectivity index (χ1n) is 8.42. The maximum atomic E-state index is 12.1. The molecular formula is C18H22BrN3O4S. The Balaban J connectivity index is 1.83. The molecule has 1 N–H and O–H groups in total. The number of pyridine rings is 1. The van der Waals surface area contributed by atoms with Crippen LogP contribution in [0.2, 0.25) is 0 Å². The highest BCUT2D eigenvalue weighted by Gasteiger charge is 2.13. The maximum Gasteiger partial charge on any atom is 0.252 e. The Hall–Kier alpha value is -1.97. The van der Waals surface area contributed by atoms with Gasteiger partial charge in [-0.3, -0.25) is 4.79 Å². The molecule has 0 radical (unpaired) electrons. The zero-order chi connectivity index (χ0) is 19.9. The van der Waals surface area contributed by atoms with Crippen molar-refractivity contribution >= 4 is 31.9 Å². The molecule has 0 atom stereocenters. The van der Waals surface area contributed by atoms with Gasteiger partial charge in [0, 0.05) is 36.4 Å². The van der Waals surface area contributed by atoms with Gasteiger partial charge in [-0.2, -0.15) is 0 Å². The van der Waals surface area contributed by atoms with Gasteiger partial charge in [-0.05, 0) is 30.7 Å². The maximum absolute atomic E-state index is 12.1. The van der Waals surface area contributed by atoms with Gasteiger partial charge in [0.2, 0.25) is 15.9 Å². The lowest BCUT2D eigenvalue weighted by Gasteiger charge is -2.17. The first-order valence-corrected chi connectivity index (χ1v) is 11.1. The number of benzene rings is 1. The Bertz CT molecular complexity index is 872.